The number of esters is 1. The maximum Gasteiger partial charge on any atom is 0.313 e. The van der Waals surface area contributed by atoms with Gasteiger partial charge in [-0.15, -0.1) is 0 Å². The molecule has 0 bridgehead atoms. The summed E-state index contributed by atoms with van der Waals surface area (Å²) in [6.45, 7) is 22.4. The molecule has 0 radical (unpaired) electrons. The average molecular weight is 498 g/mol. The van der Waals surface area contributed by atoms with Gasteiger partial charge < -0.3 is 9.84 Å². The van der Waals surface area contributed by atoms with E-state index in [1.807, 2.05) is 12.1 Å². The van der Waals surface area contributed by atoms with Gasteiger partial charge in [-0.1, -0.05) is 97.3 Å². The first kappa shape index (κ1) is 28.0. The number of benzene rings is 1. The smallest absolute Gasteiger partial charge is 0.313 e. The summed E-state index contributed by atoms with van der Waals surface area (Å²) < 4.78 is 5.33. The molecule has 0 spiro atoms. The molecule has 0 aliphatic heterocycles. The third kappa shape index (κ3) is 6.06. The average Bonchev–Trinajstić information content (AvgIpc) is 2.62. The number of carbonyl (C=O) groups excluding carboxylic acids is 1. The molecule has 0 aliphatic rings. The van der Waals surface area contributed by atoms with Crippen LogP contribution in [-0.4, -0.2) is 23.5 Å². The molecule has 1 aromatic carbocycles. The largest absolute Gasteiger partial charge is 0.508 e. The highest BCUT2D eigenvalue weighted by Gasteiger charge is 2.55. The van der Waals surface area contributed by atoms with E-state index in [1.165, 1.54) is 12.7 Å². The van der Waals surface area contributed by atoms with Crippen LogP contribution < -0.4 is 0 Å². The van der Waals surface area contributed by atoms with Crippen molar-refractivity contribution in [3.05, 3.63) is 29.8 Å². The van der Waals surface area contributed by atoms with Gasteiger partial charge in [0.1, 0.15) is 5.75 Å². The third-order valence-corrected chi connectivity index (χ3v) is 8.67. The van der Waals surface area contributed by atoms with Crippen molar-refractivity contribution in [2.45, 2.75) is 88.0 Å². The number of phenolic OH excluding ortho intramolecular Hbond substituents is 1. The molecule has 0 aliphatic carbocycles. The molecule has 1 aromatic rings. The topological polar surface area (TPSA) is 46.5 Å². The van der Waals surface area contributed by atoms with Gasteiger partial charge in [-0.25, -0.2) is 0 Å². The van der Waals surface area contributed by atoms with Gasteiger partial charge in [-0.2, -0.15) is 0 Å². The monoisotopic (exact) mass is 496 g/mol. The Kier molecular flexibility index (Phi) is 8.54. The van der Waals surface area contributed by atoms with Crippen LogP contribution in [-0.2, 0) is 9.53 Å². The van der Waals surface area contributed by atoms with Gasteiger partial charge >= 0.3 is 5.97 Å². The molecule has 2 atom stereocenters. The van der Waals surface area contributed by atoms with Crippen LogP contribution in [0.4, 0.5) is 0 Å². The fourth-order valence-corrected chi connectivity index (χ4v) is 5.97. The Morgan fingerprint density at radius 2 is 1.45 bits per heavy atom. The van der Waals surface area contributed by atoms with Crippen LogP contribution in [0.15, 0.2) is 24.3 Å². The second kappa shape index (κ2) is 9.45. The van der Waals surface area contributed by atoms with Gasteiger partial charge in [0.25, 0.3) is 0 Å². The first-order valence-electron chi connectivity index (χ1n) is 11.3. The van der Waals surface area contributed by atoms with Gasteiger partial charge in [0, 0.05) is 5.33 Å². The van der Waals surface area contributed by atoms with Gasteiger partial charge in [-0.3, -0.25) is 4.79 Å². The van der Waals surface area contributed by atoms with E-state index in [9.17, 15) is 9.90 Å². The number of aromatic hydroxyl groups is 1. The molecule has 1 rings (SSSR count). The standard InChI is InChI=1S/C27H45BrO3/c1-23(2,3)16-21(19-12-14-20(29)15-13-19)26(9,10)25(7,8)17-27(18-28,22(30)31-11)24(4,5)6/h12-15,21,29H,16-18H2,1-11H3. The van der Waals surface area contributed by atoms with Crippen LogP contribution >= 0.6 is 15.9 Å². The van der Waals surface area contributed by atoms with Crippen LogP contribution in [0.2, 0.25) is 0 Å². The number of rotatable bonds is 8. The van der Waals surface area contributed by atoms with Crippen molar-refractivity contribution < 1.29 is 14.6 Å². The number of methoxy groups -OCH3 is 1. The Labute approximate surface area is 199 Å². The van der Waals surface area contributed by atoms with Crippen molar-refractivity contribution >= 4 is 21.9 Å². The van der Waals surface area contributed by atoms with E-state index in [0.29, 0.717) is 11.8 Å². The number of phenols is 1. The van der Waals surface area contributed by atoms with E-state index >= 15 is 0 Å². The van der Waals surface area contributed by atoms with Gasteiger partial charge in [0.2, 0.25) is 0 Å². The van der Waals surface area contributed by atoms with Crippen LogP contribution in [0, 0.1) is 27.1 Å². The Bertz CT molecular complexity index is 735. The molecule has 0 aromatic heterocycles. The maximum absolute atomic E-state index is 13.1. The summed E-state index contributed by atoms with van der Waals surface area (Å²) in [4.78, 5) is 13.1. The first-order chi connectivity index (χ1) is 13.8. The van der Waals surface area contributed by atoms with Crippen molar-refractivity contribution in [1.29, 1.82) is 0 Å². The minimum atomic E-state index is -0.649. The van der Waals surface area contributed by atoms with Gasteiger partial charge in [0.15, 0.2) is 0 Å². The highest BCUT2D eigenvalue weighted by atomic mass is 79.9. The summed E-state index contributed by atoms with van der Waals surface area (Å²) in [7, 11) is 1.49. The molecule has 0 saturated carbocycles. The van der Waals surface area contributed by atoms with Crippen molar-refractivity contribution in [3.63, 3.8) is 0 Å². The van der Waals surface area contributed by atoms with E-state index in [0.717, 1.165) is 6.42 Å². The van der Waals surface area contributed by atoms with Crippen LogP contribution in [0.3, 0.4) is 0 Å². The van der Waals surface area contributed by atoms with Crippen molar-refractivity contribution in [3.8, 4) is 5.75 Å². The molecular formula is C27H45BrO3. The third-order valence-electron chi connectivity index (χ3n) is 7.71. The summed E-state index contributed by atoms with van der Waals surface area (Å²) in [6.07, 6.45) is 1.70. The highest BCUT2D eigenvalue weighted by molar-refractivity contribution is 9.09. The van der Waals surface area contributed by atoms with Crippen molar-refractivity contribution in [2.24, 2.45) is 27.1 Å². The zero-order valence-corrected chi connectivity index (χ0v) is 23.2. The minimum absolute atomic E-state index is 0.134. The number of carbonyl (C=O) groups is 1. The number of hydrogen-bond donors (Lipinski definition) is 1. The van der Waals surface area contributed by atoms with Crippen LogP contribution in [0.1, 0.15) is 93.6 Å². The van der Waals surface area contributed by atoms with E-state index < -0.39 is 5.41 Å². The molecule has 0 amide bonds. The Morgan fingerprint density at radius 1 is 0.968 bits per heavy atom. The fourth-order valence-electron chi connectivity index (χ4n) is 4.70. The normalized spacial score (nSPS) is 16.5. The molecule has 1 N–H and O–H groups in total. The second-order valence-corrected chi connectivity index (χ2v) is 13.2. The summed E-state index contributed by atoms with van der Waals surface area (Å²) in [6, 6.07) is 7.65. The first-order valence-corrected chi connectivity index (χ1v) is 12.4. The lowest BCUT2D eigenvalue weighted by molar-refractivity contribution is -0.163. The lowest BCUT2D eigenvalue weighted by Gasteiger charge is -2.54. The van der Waals surface area contributed by atoms with Crippen LogP contribution in [0.25, 0.3) is 0 Å². The SMILES string of the molecule is COC(=O)C(CBr)(CC(C)(C)C(C)(C)C(CC(C)(C)C)c1ccc(O)cc1)C(C)(C)C. The summed E-state index contributed by atoms with van der Waals surface area (Å²) >= 11 is 3.68. The number of alkyl halides is 1. The Balaban J connectivity index is 3.58. The zero-order chi connectivity index (χ0) is 24.5. The van der Waals surface area contributed by atoms with E-state index in [4.69, 9.17) is 4.74 Å². The molecule has 0 fully saturated rings. The summed E-state index contributed by atoms with van der Waals surface area (Å²) in [5.74, 6) is 0.388. The van der Waals surface area contributed by atoms with E-state index in [-0.39, 0.29) is 39.3 Å². The molecule has 0 heterocycles. The van der Waals surface area contributed by atoms with Gasteiger partial charge in [0.05, 0.1) is 12.5 Å². The molecule has 31 heavy (non-hydrogen) atoms. The predicted octanol–water partition coefficient (Wildman–Crippen LogP) is 7.95. The quantitative estimate of drug-likeness (QED) is 0.293. The Hall–Kier alpha value is -1.03. The molecule has 3 nitrogen and oxygen atoms in total. The second-order valence-electron chi connectivity index (χ2n) is 12.6. The van der Waals surface area contributed by atoms with Gasteiger partial charge in [-0.05, 0) is 58.1 Å². The van der Waals surface area contributed by atoms with E-state index in [1.54, 1.807) is 12.1 Å². The van der Waals surface area contributed by atoms with Crippen molar-refractivity contribution in [2.75, 3.05) is 12.4 Å². The van der Waals surface area contributed by atoms with Crippen molar-refractivity contribution in [1.82, 2.24) is 0 Å². The molecule has 2 unspecified atom stereocenters. The number of ether oxygens (including phenoxy) is 1. The van der Waals surface area contributed by atoms with Crippen LogP contribution in [0.5, 0.6) is 5.75 Å². The Morgan fingerprint density at radius 3 is 1.81 bits per heavy atom. The van der Waals surface area contributed by atoms with E-state index in [2.05, 4.69) is 85.2 Å². The minimum Gasteiger partial charge on any atom is -0.508 e. The maximum atomic E-state index is 13.1. The number of halogens is 1. The predicted molar refractivity (Wildman–Crippen MR) is 135 cm³/mol. The molecule has 4 heteroatoms. The molecule has 178 valence electrons. The zero-order valence-electron chi connectivity index (χ0n) is 21.6. The summed E-state index contributed by atoms with van der Waals surface area (Å²) in [5, 5.41) is 10.4. The highest BCUT2D eigenvalue weighted by Crippen LogP contribution is 2.59. The number of hydrogen-bond acceptors (Lipinski definition) is 3. The molecule has 0 saturated heterocycles. The lowest BCUT2D eigenvalue weighted by atomic mass is 9.50. The lowest BCUT2D eigenvalue weighted by Crippen LogP contribution is -2.51. The fraction of sp³-hybridized carbons (Fsp3) is 0.741. The molecular weight excluding hydrogens is 452 g/mol. The summed E-state index contributed by atoms with van der Waals surface area (Å²) in [5.41, 5.74) is 0.122.